The smallest absolute Gasteiger partial charge is 0.321 e. The molecule has 1 fully saturated rings. The van der Waals surface area contributed by atoms with Crippen molar-refractivity contribution in [3.63, 3.8) is 0 Å². The molecule has 1 N–H and O–H groups in total. The van der Waals surface area contributed by atoms with Gasteiger partial charge in [-0.3, -0.25) is 14.9 Å². The summed E-state index contributed by atoms with van der Waals surface area (Å²) in [5.41, 5.74) is 1.61. The summed E-state index contributed by atoms with van der Waals surface area (Å²) >= 11 is 6.16. The summed E-state index contributed by atoms with van der Waals surface area (Å²) < 4.78 is 21.6. The highest BCUT2D eigenvalue weighted by molar-refractivity contribution is 6.30. The number of anilines is 1. The number of aliphatic imine (C=N–C) groups is 1. The quantitative estimate of drug-likeness (QED) is 0.431. The molecule has 37 heavy (non-hydrogen) atoms. The molecule has 0 spiro atoms. The second-order valence-corrected chi connectivity index (χ2v) is 8.97. The van der Waals surface area contributed by atoms with E-state index in [2.05, 4.69) is 10.2 Å². The molecule has 0 saturated carbocycles. The van der Waals surface area contributed by atoms with Crippen molar-refractivity contribution in [2.75, 3.05) is 59.0 Å². The number of amides is 1. The zero-order chi connectivity index (χ0) is 26.5. The lowest BCUT2D eigenvalue weighted by Crippen LogP contribution is -2.57. The molecule has 4 rings (SSSR count). The third-order valence-electron chi connectivity index (χ3n) is 6.42. The van der Waals surface area contributed by atoms with Crippen molar-refractivity contribution < 1.29 is 28.5 Å². The molecule has 0 bridgehead atoms. The molecule has 0 radical (unpaired) electrons. The highest BCUT2D eigenvalue weighted by Gasteiger charge is 2.43. The van der Waals surface area contributed by atoms with Crippen LogP contribution in [-0.2, 0) is 14.3 Å². The average molecular weight is 531 g/mol. The molecule has 0 aliphatic carbocycles. The van der Waals surface area contributed by atoms with Gasteiger partial charge in [-0.2, -0.15) is 0 Å². The van der Waals surface area contributed by atoms with Gasteiger partial charge >= 0.3 is 5.97 Å². The first kappa shape index (κ1) is 26.4. The summed E-state index contributed by atoms with van der Waals surface area (Å²) in [5.74, 6) is -0.668. The summed E-state index contributed by atoms with van der Waals surface area (Å²) in [4.78, 5) is 35.2. The maximum Gasteiger partial charge on any atom is 0.321 e. The fraction of sp³-hybridized carbons (Fsp3) is 0.423. The van der Waals surface area contributed by atoms with E-state index in [1.807, 2.05) is 29.2 Å². The second-order valence-electron chi connectivity index (χ2n) is 8.53. The van der Waals surface area contributed by atoms with Gasteiger partial charge in [0.1, 0.15) is 6.04 Å². The van der Waals surface area contributed by atoms with E-state index in [9.17, 15) is 9.59 Å². The van der Waals surface area contributed by atoms with Gasteiger partial charge in [0.25, 0.3) is 0 Å². The van der Waals surface area contributed by atoms with E-state index in [1.165, 1.54) is 21.3 Å². The van der Waals surface area contributed by atoms with Crippen LogP contribution in [0.3, 0.4) is 0 Å². The molecular formula is C26H31ClN4O6. The van der Waals surface area contributed by atoms with Crippen LogP contribution in [0.1, 0.15) is 18.5 Å². The molecule has 2 atom stereocenters. The number of methoxy groups -OCH3 is 3. The number of halogens is 1. The number of guanidine groups is 1. The SMILES string of the molecule is CCOC(=O)[C@H]1C(=O)NC(N2CCN(c3cccc(Cl)c3)CC2)=N[C@@H]1c1cc(OC)c(OC)c(OC)c1. The normalized spacial score (nSPS) is 19.6. The van der Waals surface area contributed by atoms with Gasteiger partial charge in [-0.05, 0) is 42.8 Å². The Morgan fingerprint density at radius 3 is 2.24 bits per heavy atom. The molecule has 1 saturated heterocycles. The van der Waals surface area contributed by atoms with E-state index in [0.717, 1.165) is 5.69 Å². The number of ether oxygens (including phenoxy) is 4. The zero-order valence-electron chi connectivity index (χ0n) is 21.3. The molecule has 2 aromatic rings. The van der Waals surface area contributed by atoms with Gasteiger partial charge in [0.2, 0.25) is 17.6 Å². The number of benzene rings is 2. The van der Waals surface area contributed by atoms with Crippen molar-refractivity contribution in [2.45, 2.75) is 13.0 Å². The third-order valence-corrected chi connectivity index (χ3v) is 6.65. The van der Waals surface area contributed by atoms with E-state index < -0.39 is 23.8 Å². The van der Waals surface area contributed by atoms with Crippen LogP contribution in [0, 0.1) is 5.92 Å². The molecule has 2 aliphatic heterocycles. The largest absolute Gasteiger partial charge is 0.493 e. The number of rotatable bonds is 7. The number of hydrogen-bond acceptors (Lipinski definition) is 9. The Hall–Kier alpha value is -3.66. The van der Waals surface area contributed by atoms with Crippen LogP contribution in [0.4, 0.5) is 5.69 Å². The van der Waals surface area contributed by atoms with Gasteiger partial charge in [-0.1, -0.05) is 17.7 Å². The molecule has 2 aromatic carbocycles. The van der Waals surface area contributed by atoms with Crippen molar-refractivity contribution in [3.05, 3.63) is 47.0 Å². The first-order valence-electron chi connectivity index (χ1n) is 12.0. The molecule has 1 amide bonds. The monoisotopic (exact) mass is 530 g/mol. The number of nitrogens with zero attached hydrogens (tertiary/aromatic N) is 3. The maximum atomic E-state index is 13.3. The molecule has 198 valence electrons. The predicted octanol–water partition coefficient (Wildman–Crippen LogP) is 2.89. The molecule has 2 heterocycles. The Labute approximate surface area is 221 Å². The fourth-order valence-corrected chi connectivity index (χ4v) is 4.77. The maximum absolute atomic E-state index is 13.3. The summed E-state index contributed by atoms with van der Waals surface area (Å²) in [5, 5.41) is 3.51. The van der Waals surface area contributed by atoms with Crippen LogP contribution in [0.15, 0.2) is 41.4 Å². The Balaban J connectivity index is 1.66. The van der Waals surface area contributed by atoms with Gasteiger partial charge in [0.15, 0.2) is 17.4 Å². The molecule has 11 heteroatoms. The van der Waals surface area contributed by atoms with E-state index in [1.54, 1.807) is 19.1 Å². The summed E-state index contributed by atoms with van der Waals surface area (Å²) in [6, 6.07) is 10.3. The minimum atomic E-state index is -1.17. The molecular weight excluding hydrogens is 500 g/mol. The number of carbonyl (C=O) groups excluding carboxylic acids is 2. The molecule has 10 nitrogen and oxygen atoms in total. The van der Waals surface area contributed by atoms with Crippen molar-refractivity contribution in [3.8, 4) is 17.2 Å². The van der Waals surface area contributed by atoms with Gasteiger partial charge < -0.3 is 28.7 Å². The van der Waals surface area contributed by atoms with Gasteiger partial charge in [-0.15, -0.1) is 0 Å². The number of carbonyl (C=O) groups is 2. The minimum Gasteiger partial charge on any atom is -0.493 e. The number of hydrogen-bond donors (Lipinski definition) is 1. The van der Waals surface area contributed by atoms with E-state index in [-0.39, 0.29) is 6.61 Å². The Bertz CT molecular complexity index is 1160. The average Bonchev–Trinajstić information content (AvgIpc) is 2.91. The molecule has 0 unspecified atom stereocenters. The first-order valence-corrected chi connectivity index (χ1v) is 12.4. The van der Waals surface area contributed by atoms with Crippen LogP contribution in [0.2, 0.25) is 5.02 Å². The number of esters is 1. The van der Waals surface area contributed by atoms with Crippen LogP contribution >= 0.6 is 11.6 Å². The first-order chi connectivity index (χ1) is 17.9. The third kappa shape index (κ3) is 5.53. The van der Waals surface area contributed by atoms with Gasteiger partial charge in [0, 0.05) is 36.9 Å². The fourth-order valence-electron chi connectivity index (χ4n) is 4.59. The van der Waals surface area contributed by atoms with Crippen molar-refractivity contribution in [1.82, 2.24) is 10.2 Å². The van der Waals surface area contributed by atoms with Crippen LogP contribution < -0.4 is 24.4 Å². The van der Waals surface area contributed by atoms with Gasteiger partial charge in [0.05, 0.1) is 27.9 Å². The second kappa shape index (κ2) is 11.6. The zero-order valence-corrected chi connectivity index (χ0v) is 22.1. The lowest BCUT2D eigenvalue weighted by atomic mass is 9.90. The van der Waals surface area contributed by atoms with E-state index in [4.69, 9.17) is 35.5 Å². The van der Waals surface area contributed by atoms with Crippen molar-refractivity contribution in [2.24, 2.45) is 10.9 Å². The Kier molecular flexibility index (Phi) is 8.27. The van der Waals surface area contributed by atoms with Crippen LogP contribution in [0.5, 0.6) is 17.2 Å². The van der Waals surface area contributed by atoms with Crippen molar-refractivity contribution >= 4 is 35.1 Å². The predicted molar refractivity (Wildman–Crippen MR) is 140 cm³/mol. The molecule has 0 aromatic heterocycles. The minimum absolute atomic E-state index is 0.145. The van der Waals surface area contributed by atoms with Crippen LogP contribution in [-0.4, -0.2) is 76.9 Å². The number of piperazine rings is 1. The molecule has 2 aliphatic rings. The Morgan fingerprint density at radius 1 is 1.03 bits per heavy atom. The summed E-state index contributed by atoms with van der Waals surface area (Å²) in [7, 11) is 4.52. The van der Waals surface area contributed by atoms with E-state index in [0.29, 0.717) is 60.0 Å². The van der Waals surface area contributed by atoms with E-state index >= 15 is 0 Å². The van der Waals surface area contributed by atoms with Crippen molar-refractivity contribution in [1.29, 1.82) is 0 Å². The summed E-state index contributed by atoms with van der Waals surface area (Å²) in [6.07, 6.45) is 0. The lowest BCUT2D eigenvalue weighted by molar-refractivity contribution is -0.153. The lowest BCUT2D eigenvalue weighted by Gasteiger charge is -2.39. The highest BCUT2D eigenvalue weighted by Crippen LogP contribution is 2.42. The standard InChI is InChI=1S/C26H31ClN4O6/c1-5-37-25(33)21-22(16-13-19(34-2)23(36-4)20(14-16)35-3)28-26(29-24(21)32)31-11-9-30(10-12-31)18-8-6-7-17(27)15-18/h6-8,13-15,21-22H,5,9-12H2,1-4H3,(H,28,29,32)/t21-,22-/m1/s1. The Morgan fingerprint density at radius 2 is 1.68 bits per heavy atom. The van der Waals surface area contributed by atoms with Crippen LogP contribution in [0.25, 0.3) is 0 Å². The number of nitrogens with one attached hydrogen (secondary N) is 1. The highest BCUT2D eigenvalue weighted by atomic mass is 35.5. The van der Waals surface area contributed by atoms with Gasteiger partial charge in [-0.25, -0.2) is 4.99 Å². The topological polar surface area (TPSA) is 102 Å². The summed E-state index contributed by atoms with van der Waals surface area (Å²) in [6.45, 7) is 4.51.